The topological polar surface area (TPSA) is 194 Å². The Bertz CT molecular complexity index is 3140. The fourth-order valence-corrected chi connectivity index (χ4v) is 11.7. The lowest BCUT2D eigenvalue weighted by molar-refractivity contribution is -0.136. The van der Waals surface area contributed by atoms with E-state index < -0.39 is 62.7 Å². The molecule has 0 bridgehead atoms. The van der Waals surface area contributed by atoms with E-state index in [0.717, 1.165) is 61.1 Å². The second kappa shape index (κ2) is 18.7. The van der Waals surface area contributed by atoms with E-state index in [0.29, 0.717) is 41.5 Å². The van der Waals surface area contributed by atoms with Crippen molar-refractivity contribution in [1.82, 2.24) is 29.0 Å². The van der Waals surface area contributed by atoms with Crippen LogP contribution in [0.5, 0.6) is 11.5 Å². The molecule has 5 aliphatic heterocycles. The number of nitriles is 1. The lowest BCUT2D eigenvalue weighted by Gasteiger charge is -2.43. The summed E-state index contributed by atoms with van der Waals surface area (Å²) in [5.74, 6) is -2.80. The van der Waals surface area contributed by atoms with E-state index >= 15 is 8.78 Å². The average Bonchev–Trinajstić information content (AvgIpc) is 3.94. The van der Waals surface area contributed by atoms with Gasteiger partial charge in [-0.2, -0.15) is 18.0 Å². The minimum absolute atomic E-state index is 0.00103. The summed E-state index contributed by atoms with van der Waals surface area (Å²) in [4.78, 5) is 63.9. The molecule has 3 amide bonds. The summed E-state index contributed by atoms with van der Waals surface area (Å²) in [7, 11) is -4.25. The van der Waals surface area contributed by atoms with E-state index in [4.69, 9.17) is 4.74 Å². The molecule has 5 aliphatic rings. The molecule has 70 heavy (non-hydrogen) atoms. The number of ether oxygens (including phenoxy) is 1. The number of halogens is 3. The first-order valence-corrected chi connectivity index (χ1v) is 24.7. The van der Waals surface area contributed by atoms with E-state index in [1.807, 2.05) is 29.2 Å². The van der Waals surface area contributed by atoms with Crippen molar-refractivity contribution in [3.05, 3.63) is 112 Å². The molecule has 3 atom stereocenters. The van der Waals surface area contributed by atoms with Crippen LogP contribution in [0.2, 0.25) is 0 Å². The number of hydrogen-bond acceptors (Lipinski definition) is 12. The number of rotatable bonds is 11. The molecule has 4 saturated heterocycles. The fraction of sp³-hybridized carbons (Fsp3) is 0.388. The highest BCUT2D eigenvalue weighted by molar-refractivity contribution is 7.90. The Morgan fingerprint density at radius 1 is 0.886 bits per heavy atom. The normalized spacial score (nSPS) is 21.6. The Kier molecular flexibility index (Phi) is 12.5. The number of carbonyl (C=O) groups excluding carboxylic acids is 3. The number of anilines is 3. The van der Waals surface area contributed by atoms with Gasteiger partial charge in [0.15, 0.2) is 17.4 Å². The van der Waals surface area contributed by atoms with Gasteiger partial charge in [-0.15, -0.1) is 0 Å². The van der Waals surface area contributed by atoms with E-state index in [9.17, 15) is 37.2 Å². The Morgan fingerprint density at radius 3 is 2.37 bits per heavy atom. The molecule has 21 heteroatoms. The smallest absolute Gasteiger partial charge is 0.301 e. The number of piperazine rings is 1. The maximum Gasteiger partial charge on any atom is 0.301 e. The lowest BCUT2D eigenvalue weighted by atomic mass is 9.94. The van der Waals surface area contributed by atoms with Crippen LogP contribution in [0.4, 0.5) is 30.2 Å². The van der Waals surface area contributed by atoms with Gasteiger partial charge < -0.3 is 19.4 Å². The molecule has 0 unspecified atom stereocenters. The van der Waals surface area contributed by atoms with Crippen molar-refractivity contribution in [2.45, 2.75) is 63.8 Å². The molecule has 0 saturated carbocycles. The maximum atomic E-state index is 16.0. The van der Waals surface area contributed by atoms with Gasteiger partial charge in [0.2, 0.25) is 11.8 Å². The van der Waals surface area contributed by atoms with Gasteiger partial charge in [-0.3, -0.25) is 38.7 Å². The van der Waals surface area contributed by atoms with Crippen LogP contribution in [-0.2, 0) is 26.3 Å². The number of alkyl halides is 1. The zero-order chi connectivity index (χ0) is 49.0. The first kappa shape index (κ1) is 46.7. The molecule has 6 heterocycles. The van der Waals surface area contributed by atoms with Crippen LogP contribution in [0.25, 0.3) is 16.6 Å². The van der Waals surface area contributed by atoms with Crippen LogP contribution in [0, 0.1) is 28.9 Å². The van der Waals surface area contributed by atoms with Gasteiger partial charge in [-0.05, 0) is 105 Å². The molecule has 364 valence electrons. The summed E-state index contributed by atoms with van der Waals surface area (Å²) in [6.07, 6.45) is 2.25. The standard InChI is InChI=1S/C49H49F3N10O7S/c1-29-24-57(25-30-14-17-58(18-15-30)42-11-7-35-38(45(42)52)27-61(48(35)65)43-12-13-44(63)55-47(43)64)20-21-60(29)32-2-4-33(5-3-32)62-28-54-40-9-6-34(22-36(40)49(62)66)69-46-37(23-53)41(10-8-39(46)51)56-70(67,68)59-19-16-31(50)26-59/h2-11,22,28-31,43,56H,12-21,24-27H2,1H3,(H,55,63,64)/t29-,31+,43+/m0/s1. The molecule has 4 fully saturated rings. The third-order valence-corrected chi connectivity index (χ3v) is 15.6. The highest BCUT2D eigenvalue weighted by Crippen LogP contribution is 2.37. The second-order valence-corrected chi connectivity index (χ2v) is 20.2. The minimum Gasteiger partial charge on any atom is -0.453 e. The average molecular weight is 979 g/mol. The molecule has 0 radical (unpaired) electrons. The van der Waals surface area contributed by atoms with Gasteiger partial charge in [-0.1, -0.05) is 0 Å². The molecule has 0 aliphatic carbocycles. The van der Waals surface area contributed by atoms with E-state index in [1.54, 1.807) is 18.2 Å². The number of nitrogens with one attached hydrogen (secondary N) is 2. The minimum atomic E-state index is -4.25. The van der Waals surface area contributed by atoms with E-state index in [-0.39, 0.29) is 73.2 Å². The Labute approximate surface area is 401 Å². The predicted molar refractivity (Wildman–Crippen MR) is 253 cm³/mol. The van der Waals surface area contributed by atoms with Gasteiger partial charge in [-0.25, -0.2) is 18.2 Å². The van der Waals surface area contributed by atoms with Crippen molar-refractivity contribution in [3.8, 4) is 23.3 Å². The van der Waals surface area contributed by atoms with Crippen LogP contribution >= 0.6 is 0 Å². The van der Waals surface area contributed by atoms with Crippen LogP contribution in [0.1, 0.15) is 60.5 Å². The summed E-state index contributed by atoms with van der Waals surface area (Å²) in [6.45, 7) is 6.53. The van der Waals surface area contributed by atoms with Crippen molar-refractivity contribution in [1.29, 1.82) is 5.26 Å². The van der Waals surface area contributed by atoms with Gasteiger partial charge in [0, 0.05) is 81.6 Å². The third-order valence-electron chi connectivity index (χ3n) is 14.1. The van der Waals surface area contributed by atoms with Gasteiger partial charge in [0.1, 0.15) is 35.9 Å². The highest BCUT2D eigenvalue weighted by Gasteiger charge is 2.41. The Morgan fingerprint density at radius 2 is 1.66 bits per heavy atom. The molecule has 5 aromatic rings. The van der Waals surface area contributed by atoms with E-state index in [1.165, 1.54) is 34.0 Å². The van der Waals surface area contributed by atoms with Crippen molar-refractivity contribution < 1.29 is 40.7 Å². The van der Waals surface area contributed by atoms with Crippen molar-refractivity contribution in [3.63, 3.8) is 0 Å². The number of benzene rings is 4. The van der Waals surface area contributed by atoms with Gasteiger partial charge >= 0.3 is 10.2 Å². The summed E-state index contributed by atoms with van der Waals surface area (Å²) < 4.78 is 81.3. The van der Waals surface area contributed by atoms with Crippen LogP contribution in [-0.4, -0.2) is 120 Å². The molecule has 4 aromatic carbocycles. The van der Waals surface area contributed by atoms with Gasteiger partial charge in [0.25, 0.3) is 11.5 Å². The predicted octanol–water partition coefficient (Wildman–Crippen LogP) is 5.22. The molecule has 0 spiro atoms. The molecule has 17 nitrogen and oxygen atoms in total. The Balaban J connectivity index is 0.751. The number of aromatic nitrogens is 2. The molecular weight excluding hydrogens is 930 g/mol. The zero-order valence-corrected chi connectivity index (χ0v) is 38.9. The SMILES string of the molecule is C[C@H]1CN(CC2CCN(c3ccc4c(c3F)CN([C@@H]3CCC(=O)NC3=O)C4=O)CC2)CCN1c1ccc(-n2cnc3ccc(Oc4c(F)ccc(NS(=O)(=O)N5CC[C@@H](F)C5)c4C#N)cc3c2=O)cc1. The zero-order valence-electron chi connectivity index (χ0n) is 38.1. The van der Waals surface area contributed by atoms with E-state index in [2.05, 4.69) is 31.7 Å². The monoisotopic (exact) mass is 978 g/mol. The maximum absolute atomic E-state index is 16.0. The number of hydrogen-bond donors (Lipinski definition) is 2. The fourth-order valence-electron chi connectivity index (χ4n) is 10.4. The van der Waals surface area contributed by atoms with Gasteiger partial charge in [0.05, 0.1) is 34.5 Å². The molecule has 1 aromatic heterocycles. The van der Waals surface area contributed by atoms with Crippen LogP contribution in [0.15, 0.2) is 77.9 Å². The second-order valence-electron chi connectivity index (χ2n) is 18.5. The van der Waals surface area contributed by atoms with Crippen molar-refractivity contribution in [2.75, 3.05) is 66.9 Å². The third kappa shape index (κ3) is 8.90. The number of amides is 3. The number of imide groups is 1. The first-order chi connectivity index (χ1) is 33.6. The lowest BCUT2D eigenvalue weighted by Crippen LogP contribution is -2.53. The molecule has 2 N–H and O–H groups in total. The molecule has 10 rings (SSSR count). The van der Waals surface area contributed by atoms with Crippen molar-refractivity contribution in [2.24, 2.45) is 5.92 Å². The van der Waals surface area contributed by atoms with Crippen LogP contribution in [0.3, 0.4) is 0 Å². The number of carbonyl (C=O) groups is 3. The summed E-state index contributed by atoms with van der Waals surface area (Å²) in [5, 5.41) is 12.4. The number of piperidine rings is 2. The highest BCUT2D eigenvalue weighted by atomic mass is 32.2. The summed E-state index contributed by atoms with van der Waals surface area (Å²) in [6, 6.07) is 18.5. The quantitative estimate of drug-likeness (QED) is 0.164. The largest absolute Gasteiger partial charge is 0.453 e. The number of nitrogens with zero attached hydrogens (tertiary/aromatic N) is 8. The van der Waals surface area contributed by atoms with Crippen LogP contribution < -0.4 is 30.1 Å². The molecular formula is C49H49F3N10O7S. The number of fused-ring (bicyclic) bond motifs is 2. The first-order valence-electron chi connectivity index (χ1n) is 23.3. The Hall–Kier alpha value is -7.02. The van der Waals surface area contributed by atoms with Crippen molar-refractivity contribution >= 4 is 55.9 Å². The summed E-state index contributed by atoms with van der Waals surface area (Å²) in [5.41, 5.74) is 1.79. The summed E-state index contributed by atoms with van der Waals surface area (Å²) >= 11 is 0.